The van der Waals surface area contributed by atoms with Gasteiger partial charge >= 0.3 is 0 Å². The zero-order valence-electron chi connectivity index (χ0n) is 13.1. The summed E-state index contributed by atoms with van der Waals surface area (Å²) in [6.45, 7) is 10.5. The van der Waals surface area contributed by atoms with E-state index in [1.165, 1.54) is 57.2 Å². The van der Waals surface area contributed by atoms with Crippen molar-refractivity contribution in [2.24, 2.45) is 5.92 Å². The van der Waals surface area contributed by atoms with E-state index in [1.807, 2.05) is 0 Å². The van der Waals surface area contributed by atoms with Crippen LogP contribution in [0.15, 0.2) is 11.6 Å². The molecule has 0 spiro atoms. The van der Waals surface area contributed by atoms with Crippen LogP contribution in [0.5, 0.6) is 0 Å². The lowest BCUT2D eigenvalue weighted by Crippen LogP contribution is -2.47. The highest BCUT2D eigenvalue weighted by atomic mass is 15.1. The molecule has 19 heavy (non-hydrogen) atoms. The van der Waals surface area contributed by atoms with Gasteiger partial charge in [0.1, 0.15) is 0 Å². The first-order valence-electron chi connectivity index (χ1n) is 8.25. The van der Waals surface area contributed by atoms with Crippen molar-refractivity contribution in [1.82, 2.24) is 10.2 Å². The average Bonchev–Trinajstić information content (AvgIpc) is 2.38. The Morgan fingerprint density at radius 3 is 2.47 bits per heavy atom. The number of rotatable bonds is 4. The lowest BCUT2D eigenvalue weighted by Gasteiger charge is -2.36. The minimum atomic E-state index is 0.776. The molecular weight excluding hydrogens is 232 g/mol. The van der Waals surface area contributed by atoms with Crippen LogP contribution in [-0.2, 0) is 0 Å². The summed E-state index contributed by atoms with van der Waals surface area (Å²) >= 11 is 0. The molecule has 0 aromatic carbocycles. The molecule has 0 amide bonds. The Morgan fingerprint density at radius 2 is 1.84 bits per heavy atom. The second-order valence-electron chi connectivity index (χ2n) is 6.99. The predicted octanol–water partition coefficient (Wildman–Crippen LogP) is 3.59. The average molecular weight is 264 g/mol. The smallest absolute Gasteiger partial charge is 0.0165 e. The zero-order valence-corrected chi connectivity index (χ0v) is 13.1. The highest BCUT2D eigenvalue weighted by Gasteiger charge is 2.24. The van der Waals surface area contributed by atoms with E-state index in [4.69, 9.17) is 0 Å². The Bertz CT molecular complexity index is 286. The molecule has 1 aliphatic heterocycles. The first-order chi connectivity index (χ1) is 9.13. The molecule has 2 unspecified atom stereocenters. The molecule has 0 aromatic rings. The van der Waals surface area contributed by atoms with Gasteiger partial charge < -0.3 is 5.32 Å². The quantitative estimate of drug-likeness (QED) is 0.781. The maximum Gasteiger partial charge on any atom is 0.0165 e. The number of hydrogen-bond donors (Lipinski definition) is 1. The largest absolute Gasteiger partial charge is 0.311 e. The summed E-state index contributed by atoms with van der Waals surface area (Å²) in [6.07, 6.45) is 10.7. The van der Waals surface area contributed by atoms with Crippen LogP contribution < -0.4 is 5.32 Å². The molecule has 2 aliphatic rings. The fraction of sp³-hybridized carbons (Fsp3) is 0.882. The molecule has 1 N–H and O–H groups in total. The van der Waals surface area contributed by atoms with Gasteiger partial charge in [0.2, 0.25) is 0 Å². The summed E-state index contributed by atoms with van der Waals surface area (Å²) < 4.78 is 0. The Labute approximate surface area is 119 Å². The molecule has 1 saturated heterocycles. The number of allylic oxidation sites excluding steroid dienone is 1. The van der Waals surface area contributed by atoms with Gasteiger partial charge in [0.25, 0.3) is 0 Å². The molecule has 2 nitrogen and oxygen atoms in total. The first-order valence-corrected chi connectivity index (χ1v) is 8.25. The van der Waals surface area contributed by atoms with E-state index in [-0.39, 0.29) is 0 Å². The molecule has 2 atom stereocenters. The van der Waals surface area contributed by atoms with Crippen LogP contribution in [-0.4, -0.2) is 36.6 Å². The third-order valence-corrected chi connectivity index (χ3v) is 4.75. The molecule has 0 aromatic heterocycles. The molecule has 110 valence electrons. The zero-order chi connectivity index (χ0) is 13.7. The first kappa shape index (κ1) is 15.1. The molecule has 0 radical (unpaired) electrons. The van der Waals surface area contributed by atoms with Crippen molar-refractivity contribution in [3.63, 3.8) is 0 Å². The van der Waals surface area contributed by atoms with Crippen molar-refractivity contribution in [1.29, 1.82) is 0 Å². The number of hydrogen-bond acceptors (Lipinski definition) is 2. The van der Waals surface area contributed by atoms with Crippen molar-refractivity contribution in [3.05, 3.63) is 11.6 Å². The predicted molar refractivity (Wildman–Crippen MR) is 83.4 cm³/mol. The van der Waals surface area contributed by atoms with E-state index in [0.717, 1.165) is 24.5 Å². The summed E-state index contributed by atoms with van der Waals surface area (Å²) in [5, 5.41) is 3.93. The fourth-order valence-electron chi connectivity index (χ4n) is 3.51. The molecule has 1 aliphatic carbocycles. The van der Waals surface area contributed by atoms with Gasteiger partial charge in [-0.05, 0) is 58.5 Å². The van der Waals surface area contributed by atoms with Crippen molar-refractivity contribution >= 4 is 0 Å². The minimum Gasteiger partial charge on any atom is -0.311 e. The van der Waals surface area contributed by atoms with Crippen LogP contribution >= 0.6 is 0 Å². The van der Waals surface area contributed by atoms with Gasteiger partial charge in [0, 0.05) is 18.6 Å². The maximum absolute atomic E-state index is 3.93. The van der Waals surface area contributed by atoms with Gasteiger partial charge in [-0.3, -0.25) is 4.90 Å². The van der Waals surface area contributed by atoms with E-state index >= 15 is 0 Å². The van der Waals surface area contributed by atoms with Gasteiger partial charge in [0.15, 0.2) is 0 Å². The molecule has 2 fully saturated rings. The SMILES string of the molecule is CC(C)=CCN1CCC(NC2CCCC(C)C2)CC1. The fourth-order valence-corrected chi connectivity index (χ4v) is 3.51. The van der Waals surface area contributed by atoms with E-state index in [1.54, 1.807) is 0 Å². The van der Waals surface area contributed by atoms with Gasteiger partial charge in [0.05, 0.1) is 0 Å². The molecule has 1 saturated carbocycles. The second kappa shape index (κ2) is 7.44. The minimum absolute atomic E-state index is 0.776. The number of nitrogens with one attached hydrogen (secondary N) is 1. The molecular formula is C17H32N2. The van der Waals surface area contributed by atoms with Crippen LogP contribution in [0.4, 0.5) is 0 Å². The van der Waals surface area contributed by atoms with Gasteiger partial charge in [-0.1, -0.05) is 31.4 Å². The standard InChI is InChI=1S/C17H32N2/c1-14(2)7-10-19-11-8-16(9-12-19)18-17-6-4-5-15(3)13-17/h7,15-18H,4-6,8-13H2,1-3H3. The highest BCUT2D eigenvalue weighted by Crippen LogP contribution is 2.24. The van der Waals surface area contributed by atoms with Gasteiger partial charge in [-0.15, -0.1) is 0 Å². The maximum atomic E-state index is 3.93. The summed E-state index contributed by atoms with van der Waals surface area (Å²) in [7, 11) is 0. The summed E-state index contributed by atoms with van der Waals surface area (Å²) in [4.78, 5) is 2.59. The Balaban J connectivity index is 1.67. The summed E-state index contributed by atoms with van der Waals surface area (Å²) in [6, 6.07) is 1.58. The Morgan fingerprint density at radius 1 is 1.11 bits per heavy atom. The third kappa shape index (κ3) is 5.27. The molecule has 2 heteroatoms. The van der Waals surface area contributed by atoms with Gasteiger partial charge in [-0.2, -0.15) is 0 Å². The van der Waals surface area contributed by atoms with Crippen LogP contribution in [0, 0.1) is 5.92 Å². The normalized spacial score (nSPS) is 30.3. The lowest BCUT2D eigenvalue weighted by molar-refractivity contribution is 0.190. The highest BCUT2D eigenvalue weighted by molar-refractivity contribution is 4.96. The monoisotopic (exact) mass is 264 g/mol. The number of nitrogens with zero attached hydrogens (tertiary/aromatic N) is 1. The number of piperidine rings is 1. The van der Waals surface area contributed by atoms with Crippen molar-refractivity contribution in [2.45, 2.75) is 71.4 Å². The number of likely N-dealkylation sites (tertiary alicyclic amines) is 1. The Hall–Kier alpha value is -0.340. The van der Waals surface area contributed by atoms with E-state index < -0.39 is 0 Å². The second-order valence-corrected chi connectivity index (χ2v) is 6.99. The molecule has 2 rings (SSSR count). The lowest BCUT2D eigenvalue weighted by atomic mass is 9.86. The summed E-state index contributed by atoms with van der Waals surface area (Å²) in [5.74, 6) is 0.934. The van der Waals surface area contributed by atoms with E-state index in [9.17, 15) is 0 Å². The molecule has 1 heterocycles. The van der Waals surface area contributed by atoms with Crippen LogP contribution in [0.1, 0.15) is 59.3 Å². The van der Waals surface area contributed by atoms with Gasteiger partial charge in [-0.25, -0.2) is 0 Å². The van der Waals surface area contributed by atoms with Crippen LogP contribution in [0.3, 0.4) is 0 Å². The molecule has 0 bridgehead atoms. The van der Waals surface area contributed by atoms with Crippen molar-refractivity contribution in [3.8, 4) is 0 Å². The van der Waals surface area contributed by atoms with E-state index in [2.05, 4.69) is 37.1 Å². The topological polar surface area (TPSA) is 15.3 Å². The summed E-state index contributed by atoms with van der Waals surface area (Å²) in [5.41, 5.74) is 1.44. The van der Waals surface area contributed by atoms with Crippen LogP contribution in [0.25, 0.3) is 0 Å². The van der Waals surface area contributed by atoms with Crippen molar-refractivity contribution < 1.29 is 0 Å². The van der Waals surface area contributed by atoms with E-state index in [0.29, 0.717) is 0 Å². The third-order valence-electron chi connectivity index (χ3n) is 4.75. The Kier molecular flexibility index (Phi) is 5.90. The van der Waals surface area contributed by atoms with Crippen LogP contribution in [0.2, 0.25) is 0 Å². The van der Waals surface area contributed by atoms with Crippen molar-refractivity contribution in [2.75, 3.05) is 19.6 Å².